The van der Waals surface area contributed by atoms with Gasteiger partial charge in [-0.2, -0.15) is 10.2 Å². The number of aromatic nitrogens is 8. The monoisotopic (exact) mass is 1260 g/mol. The Balaban J connectivity index is 0.000000284. The number of hydrogen-bond donors (Lipinski definition) is 1. The number of fused-ring (bicyclic) bond motifs is 6. The van der Waals surface area contributed by atoms with Crippen LogP contribution < -0.4 is 124 Å². The van der Waals surface area contributed by atoms with Crippen LogP contribution in [0.2, 0.25) is 0 Å². The predicted octanol–water partition coefficient (Wildman–Crippen LogP) is 1.09. The van der Waals surface area contributed by atoms with Gasteiger partial charge in [0.15, 0.2) is 17.4 Å². The minimum absolute atomic E-state index is 0. The van der Waals surface area contributed by atoms with Crippen LogP contribution in [0.15, 0.2) is 144 Å². The summed E-state index contributed by atoms with van der Waals surface area (Å²) >= 11 is 1.90. The van der Waals surface area contributed by atoms with Crippen LogP contribution in [0, 0.1) is 23.3 Å². The van der Waals surface area contributed by atoms with Crippen molar-refractivity contribution in [3.63, 3.8) is 0 Å². The Labute approximate surface area is 545 Å². The average molecular weight is 1260 g/mol. The van der Waals surface area contributed by atoms with Crippen molar-refractivity contribution in [2.75, 3.05) is 25.6 Å². The first-order valence-corrected chi connectivity index (χ1v) is 24.0. The number of carbonyl (C=O) groups is 3. The number of halogens is 5. The van der Waals surface area contributed by atoms with E-state index in [-0.39, 0.29) is 163 Å². The second-order valence-electron chi connectivity index (χ2n) is 16.1. The molecular weight excluding hydrogens is 1210 g/mol. The van der Waals surface area contributed by atoms with Gasteiger partial charge in [-0.05, 0) is 93.4 Å². The van der Waals surface area contributed by atoms with Gasteiger partial charge in [0.2, 0.25) is 23.4 Å². The first-order chi connectivity index (χ1) is 37.2. The normalized spacial score (nSPS) is 13.1. The molecule has 10 rings (SSSR count). The molecule has 0 fully saturated rings. The van der Waals surface area contributed by atoms with E-state index < -0.39 is 47.7 Å². The molecule has 21 nitrogen and oxygen atoms in total. The summed E-state index contributed by atoms with van der Waals surface area (Å²) in [6.07, 6.45) is 7.26. The standard InChI is InChI=1S/C25H20F2N4O5.C22H16F2N4O2.C3H5IO3.CH2O3.2K.H/c1-34-25(33)36-14-35-23-20(32)12-29-31-19(13-30-11-10-28-24(30)22(23)31)21(15-2-6-17(26)7-3-15)16-4-8-18(27)9-5-16;23-15-5-1-13(2-6-15)19(14-3-7-16(24)8-4-14)17-12-27-10-9-25-22(27)20-21(30)18(29)11-26-28(17)20;1-6-3(5)7-2-4;2-1-4-3;;;/h2-12,19,21H,13-14H2,1H3;1-11,17,19,30H,12H2;2H2,1H3;1,3H;;;/q;;;;2*+1;-1/p-1/t19-;17-;;;;;/m11...../s1. The molecule has 28 heteroatoms. The molecule has 0 bridgehead atoms. The van der Waals surface area contributed by atoms with Crippen LogP contribution in [0.5, 0.6) is 11.5 Å². The van der Waals surface area contributed by atoms with Crippen LogP contribution in [-0.4, -0.2) is 88.2 Å². The van der Waals surface area contributed by atoms with Crippen molar-refractivity contribution >= 4 is 41.4 Å². The van der Waals surface area contributed by atoms with E-state index in [9.17, 15) is 41.8 Å². The smallest absolute Gasteiger partial charge is 1.00 e. The Morgan fingerprint density at radius 3 is 1.41 bits per heavy atom. The maximum atomic E-state index is 13.8. The number of alkyl halides is 1. The fourth-order valence-corrected chi connectivity index (χ4v) is 8.87. The molecule has 0 spiro atoms. The van der Waals surface area contributed by atoms with Crippen molar-refractivity contribution in [1.82, 2.24) is 38.7 Å². The third-order valence-corrected chi connectivity index (χ3v) is 12.1. The molecule has 6 heterocycles. The fraction of sp³-hybridized carbons (Fsp3) is 0.196. The molecule has 2 atom stereocenters. The molecule has 79 heavy (non-hydrogen) atoms. The van der Waals surface area contributed by atoms with E-state index in [0.717, 1.165) is 41.8 Å². The van der Waals surface area contributed by atoms with Gasteiger partial charge in [-0.3, -0.25) is 23.7 Å². The van der Waals surface area contributed by atoms with E-state index in [4.69, 9.17) is 19.5 Å². The van der Waals surface area contributed by atoms with Crippen LogP contribution >= 0.6 is 22.6 Å². The fourth-order valence-electron chi connectivity index (χ4n) is 8.62. The Morgan fingerprint density at radius 1 is 0.671 bits per heavy atom. The minimum atomic E-state index is -0.968. The average Bonchev–Trinajstić information content (AvgIpc) is 4.13. The number of carbonyl (C=O) groups excluding carboxylic acids is 3. The quantitative estimate of drug-likeness (QED) is 0.0219. The predicted molar refractivity (Wildman–Crippen MR) is 268 cm³/mol. The first kappa shape index (κ1) is 64.2. The van der Waals surface area contributed by atoms with E-state index in [0.29, 0.717) is 29.4 Å². The van der Waals surface area contributed by atoms with Crippen molar-refractivity contribution in [2.24, 2.45) is 0 Å². The summed E-state index contributed by atoms with van der Waals surface area (Å²) in [5.74, 6) is -1.94. The van der Waals surface area contributed by atoms with E-state index >= 15 is 0 Å². The third-order valence-electron chi connectivity index (χ3n) is 11.8. The molecular formula is C51H43F4IK2N8O13. The number of benzene rings is 4. The van der Waals surface area contributed by atoms with Gasteiger partial charge >= 0.3 is 115 Å². The van der Waals surface area contributed by atoms with Crippen LogP contribution in [0.25, 0.3) is 23.0 Å². The molecule has 0 radical (unpaired) electrons. The van der Waals surface area contributed by atoms with Gasteiger partial charge in [0.25, 0.3) is 6.47 Å². The largest absolute Gasteiger partial charge is 1.00 e. The molecule has 1 N–H and O–H groups in total. The Bertz CT molecular complexity index is 3350. The van der Waals surface area contributed by atoms with Gasteiger partial charge in [-0.25, -0.2) is 37.1 Å². The van der Waals surface area contributed by atoms with Crippen molar-refractivity contribution in [3.8, 4) is 34.5 Å². The topological polar surface area (TPSA) is 255 Å². The SMILES string of the molecule is COC(=O)OCI.COC(=O)OCOc1c2n(ncc1=O)[C@@H](C(c1ccc(F)cc1)c1ccc(F)cc1)Cn1ccnc1-2.O=CO[O-].O=c1cnn2c(c1O)-c1nccn1C[C@@H]2C(c1ccc(F)cc1)c1ccc(F)cc1.[H-].[K+].[K+]. The molecule has 4 aromatic heterocycles. The van der Waals surface area contributed by atoms with Crippen LogP contribution in [-0.2, 0) is 41.7 Å². The molecule has 2 aliphatic rings. The molecule has 0 saturated carbocycles. The first-order valence-electron chi connectivity index (χ1n) is 22.5. The Morgan fingerprint density at radius 2 is 1.04 bits per heavy atom. The molecule has 4 aromatic carbocycles. The number of imidazole rings is 2. The van der Waals surface area contributed by atoms with Crippen molar-refractivity contribution in [1.29, 1.82) is 0 Å². The second kappa shape index (κ2) is 30.8. The summed E-state index contributed by atoms with van der Waals surface area (Å²) in [7, 11) is 2.42. The van der Waals surface area contributed by atoms with Gasteiger partial charge < -0.3 is 49.5 Å². The van der Waals surface area contributed by atoms with Gasteiger partial charge in [-0.15, -0.1) is 0 Å². The van der Waals surface area contributed by atoms with Crippen molar-refractivity contribution < 1.29 is 175 Å². The van der Waals surface area contributed by atoms with Crippen LogP contribution in [0.1, 0.15) is 47.6 Å². The Kier molecular flexibility index (Phi) is 25.0. The number of ether oxygens (including phenoxy) is 5. The maximum absolute atomic E-state index is 13.8. The summed E-state index contributed by atoms with van der Waals surface area (Å²) < 4.78 is 85.2. The molecule has 0 aliphatic carbocycles. The maximum Gasteiger partial charge on any atom is 1.00 e. The number of hydrogen-bond acceptors (Lipinski definition) is 17. The summed E-state index contributed by atoms with van der Waals surface area (Å²) in [6.45, 7) is 0.0937. The van der Waals surface area contributed by atoms with Crippen molar-refractivity contribution in [2.45, 2.75) is 37.0 Å². The summed E-state index contributed by atoms with van der Waals surface area (Å²) in [5.41, 5.74) is 2.48. The van der Waals surface area contributed by atoms with Crippen molar-refractivity contribution in [3.05, 3.63) is 200 Å². The third kappa shape index (κ3) is 15.8. The molecule has 0 saturated heterocycles. The molecule has 0 unspecified atom stereocenters. The number of nitrogens with zero attached hydrogens (tertiary/aromatic N) is 8. The van der Waals surface area contributed by atoms with Crippen LogP contribution in [0.3, 0.4) is 0 Å². The van der Waals surface area contributed by atoms with Gasteiger partial charge in [0.05, 0.1) is 38.7 Å². The molecule has 402 valence electrons. The van der Waals surface area contributed by atoms with Gasteiger partial charge in [0, 0.05) is 49.7 Å². The molecule has 8 aromatic rings. The summed E-state index contributed by atoms with van der Waals surface area (Å²) in [6, 6.07) is 23.4. The Hall–Kier alpha value is -5.65. The van der Waals surface area contributed by atoms with E-state index in [1.807, 2.05) is 31.7 Å². The van der Waals surface area contributed by atoms with E-state index in [1.54, 1.807) is 82.7 Å². The second-order valence-corrected chi connectivity index (χ2v) is 16.8. The molecule has 2 aliphatic heterocycles. The van der Waals surface area contributed by atoms with E-state index in [1.165, 1.54) is 55.6 Å². The zero-order chi connectivity index (χ0) is 55.2. The summed E-state index contributed by atoms with van der Waals surface area (Å²) in [5, 5.41) is 27.6. The number of methoxy groups -OCH3 is 2. The van der Waals surface area contributed by atoms with Crippen LogP contribution in [0.4, 0.5) is 27.2 Å². The number of aromatic hydroxyl groups is 1. The van der Waals surface area contributed by atoms with Gasteiger partial charge in [0.1, 0.15) is 39.3 Å². The van der Waals surface area contributed by atoms with Gasteiger partial charge in [-0.1, -0.05) is 48.5 Å². The number of rotatable bonds is 11. The zero-order valence-electron chi connectivity index (χ0n) is 43.2. The summed E-state index contributed by atoms with van der Waals surface area (Å²) in [4.78, 5) is 66.0. The molecule has 0 amide bonds. The minimum Gasteiger partial charge on any atom is -1.00 e. The zero-order valence-corrected chi connectivity index (χ0v) is 50.6. The van der Waals surface area contributed by atoms with E-state index in [2.05, 4.69) is 39.3 Å².